The van der Waals surface area contributed by atoms with Crippen molar-refractivity contribution in [1.29, 1.82) is 0 Å². The zero-order chi connectivity index (χ0) is 14.5. The fourth-order valence-electron chi connectivity index (χ4n) is 1.91. The molecule has 0 aromatic carbocycles. The Morgan fingerprint density at radius 1 is 1.05 bits per heavy atom. The molecule has 0 aliphatic heterocycles. The van der Waals surface area contributed by atoms with Gasteiger partial charge in [-0.15, -0.1) is 0 Å². The van der Waals surface area contributed by atoms with Gasteiger partial charge in [-0.2, -0.15) is 0 Å². The van der Waals surface area contributed by atoms with E-state index in [1.165, 1.54) is 38.5 Å². The first-order chi connectivity index (χ1) is 9.83. The summed E-state index contributed by atoms with van der Waals surface area (Å²) in [6.07, 6.45) is 10.6. The zero-order valence-corrected chi connectivity index (χ0v) is 12.3. The summed E-state index contributed by atoms with van der Waals surface area (Å²) in [4.78, 5) is 15.2. The first kappa shape index (κ1) is 16.5. The van der Waals surface area contributed by atoms with Gasteiger partial charge in [0.05, 0.1) is 6.61 Å². The number of carbonyl (C=O) groups excluding carboxylic acids is 1. The van der Waals surface area contributed by atoms with Crippen molar-refractivity contribution in [3.05, 3.63) is 24.4 Å². The van der Waals surface area contributed by atoms with Crippen LogP contribution in [0.1, 0.15) is 58.3 Å². The number of unbranched alkanes of at least 4 members (excludes halogenated alkanes) is 7. The maximum atomic E-state index is 11.3. The van der Waals surface area contributed by atoms with E-state index in [9.17, 15) is 4.79 Å². The lowest BCUT2D eigenvalue weighted by molar-refractivity contribution is 0.0957. The average molecular weight is 279 g/mol. The van der Waals surface area contributed by atoms with Crippen LogP contribution >= 0.6 is 0 Å². The number of carbonyl (C=O) groups is 1. The molecular weight excluding hydrogens is 254 g/mol. The second-order valence-electron chi connectivity index (χ2n) is 4.84. The number of aromatic nitrogens is 1. The van der Waals surface area contributed by atoms with Crippen LogP contribution in [-0.4, -0.2) is 17.7 Å². The smallest absolute Gasteiger partial charge is 0.434 e. The molecule has 0 saturated heterocycles. The molecule has 1 rings (SSSR count). The maximum absolute atomic E-state index is 11.3. The van der Waals surface area contributed by atoms with Gasteiger partial charge in [-0.3, -0.25) is 0 Å². The van der Waals surface area contributed by atoms with Crippen LogP contribution in [0.4, 0.5) is 4.79 Å². The quantitative estimate of drug-likeness (QED) is 0.458. The molecule has 4 heteroatoms. The summed E-state index contributed by atoms with van der Waals surface area (Å²) in [5, 5.41) is 0. The Labute approximate surface area is 121 Å². The van der Waals surface area contributed by atoms with Gasteiger partial charge in [0.2, 0.25) is 5.88 Å². The molecule has 1 heterocycles. The molecular formula is C16H25NO3. The van der Waals surface area contributed by atoms with Gasteiger partial charge in [-0.1, -0.05) is 57.9 Å². The Morgan fingerprint density at radius 2 is 1.75 bits per heavy atom. The van der Waals surface area contributed by atoms with E-state index in [-0.39, 0.29) is 5.88 Å². The van der Waals surface area contributed by atoms with Crippen LogP contribution in [0.5, 0.6) is 5.88 Å². The second kappa shape index (κ2) is 11.3. The van der Waals surface area contributed by atoms with Crippen molar-refractivity contribution < 1.29 is 14.3 Å². The van der Waals surface area contributed by atoms with Crippen LogP contribution in [0.3, 0.4) is 0 Å². The summed E-state index contributed by atoms with van der Waals surface area (Å²) in [5.74, 6) is 0.272. The Bertz CT molecular complexity index is 354. The molecule has 0 aliphatic carbocycles. The third kappa shape index (κ3) is 8.51. The van der Waals surface area contributed by atoms with Crippen LogP contribution < -0.4 is 4.74 Å². The van der Waals surface area contributed by atoms with Gasteiger partial charge in [-0.05, 0) is 12.5 Å². The van der Waals surface area contributed by atoms with Crippen molar-refractivity contribution in [3.63, 3.8) is 0 Å². The van der Waals surface area contributed by atoms with Crippen molar-refractivity contribution in [2.45, 2.75) is 58.3 Å². The third-order valence-electron chi connectivity index (χ3n) is 3.04. The molecule has 0 N–H and O–H groups in total. The van der Waals surface area contributed by atoms with Gasteiger partial charge >= 0.3 is 6.16 Å². The number of nitrogens with zero attached hydrogens (tertiary/aromatic N) is 1. The van der Waals surface area contributed by atoms with Crippen LogP contribution in [0.15, 0.2) is 24.4 Å². The van der Waals surface area contributed by atoms with Gasteiger partial charge in [0.1, 0.15) is 0 Å². The molecule has 0 amide bonds. The van der Waals surface area contributed by atoms with E-state index in [4.69, 9.17) is 9.47 Å². The standard InChI is InChI=1S/C16H25NO3/c1-2-3-4-5-6-7-8-11-14-19-16(18)20-15-12-9-10-13-17-15/h9-10,12-13H,2-8,11,14H2,1H3. The number of hydrogen-bond acceptors (Lipinski definition) is 4. The van der Waals surface area contributed by atoms with Gasteiger partial charge in [0.15, 0.2) is 0 Å². The van der Waals surface area contributed by atoms with Crippen molar-refractivity contribution in [3.8, 4) is 5.88 Å². The van der Waals surface area contributed by atoms with Crippen LogP contribution in [0.25, 0.3) is 0 Å². The van der Waals surface area contributed by atoms with Gasteiger partial charge in [0, 0.05) is 12.3 Å². The summed E-state index contributed by atoms with van der Waals surface area (Å²) < 4.78 is 9.90. The average Bonchev–Trinajstić information content (AvgIpc) is 2.46. The first-order valence-electron chi connectivity index (χ1n) is 7.58. The van der Waals surface area contributed by atoms with E-state index in [2.05, 4.69) is 11.9 Å². The summed E-state index contributed by atoms with van der Waals surface area (Å²) in [6.45, 7) is 2.64. The number of pyridine rings is 1. The summed E-state index contributed by atoms with van der Waals surface area (Å²) in [7, 11) is 0. The third-order valence-corrected chi connectivity index (χ3v) is 3.04. The van der Waals surface area contributed by atoms with E-state index in [0.29, 0.717) is 6.61 Å². The lowest BCUT2D eigenvalue weighted by Gasteiger charge is -2.05. The van der Waals surface area contributed by atoms with E-state index in [1.54, 1.807) is 24.4 Å². The van der Waals surface area contributed by atoms with Gasteiger partial charge in [-0.25, -0.2) is 9.78 Å². The van der Waals surface area contributed by atoms with Crippen LogP contribution in [0.2, 0.25) is 0 Å². The molecule has 112 valence electrons. The molecule has 20 heavy (non-hydrogen) atoms. The predicted octanol–water partition coefficient (Wildman–Crippen LogP) is 4.74. The molecule has 0 saturated carbocycles. The van der Waals surface area contributed by atoms with Crippen LogP contribution in [0, 0.1) is 0 Å². The lowest BCUT2D eigenvalue weighted by Crippen LogP contribution is -2.12. The zero-order valence-electron chi connectivity index (χ0n) is 12.3. The molecule has 0 radical (unpaired) electrons. The van der Waals surface area contributed by atoms with E-state index >= 15 is 0 Å². The Hall–Kier alpha value is -1.58. The van der Waals surface area contributed by atoms with Crippen molar-refractivity contribution >= 4 is 6.16 Å². The highest BCUT2D eigenvalue weighted by molar-refractivity contribution is 5.62. The highest BCUT2D eigenvalue weighted by Crippen LogP contribution is 2.09. The van der Waals surface area contributed by atoms with Gasteiger partial charge in [0.25, 0.3) is 0 Å². The Morgan fingerprint density at radius 3 is 2.40 bits per heavy atom. The Kier molecular flexibility index (Phi) is 9.28. The molecule has 1 aromatic heterocycles. The summed E-state index contributed by atoms with van der Waals surface area (Å²) >= 11 is 0. The Balaban J connectivity index is 1.92. The molecule has 1 aromatic rings. The van der Waals surface area contributed by atoms with Crippen LogP contribution in [-0.2, 0) is 4.74 Å². The topological polar surface area (TPSA) is 48.4 Å². The molecule has 4 nitrogen and oxygen atoms in total. The highest BCUT2D eigenvalue weighted by Gasteiger charge is 2.05. The molecule has 0 spiro atoms. The summed E-state index contributed by atoms with van der Waals surface area (Å²) in [6, 6.07) is 5.14. The number of ether oxygens (including phenoxy) is 2. The number of hydrogen-bond donors (Lipinski definition) is 0. The first-order valence-corrected chi connectivity index (χ1v) is 7.58. The summed E-state index contributed by atoms with van der Waals surface area (Å²) in [5.41, 5.74) is 0. The van der Waals surface area contributed by atoms with E-state index in [0.717, 1.165) is 12.8 Å². The van der Waals surface area contributed by atoms with E-state index < -0.39 is 6.16 Å². The van der Waals surface area contributed by atoms with Gasteiger partial charge < -0.3 is 9.47 Å². The van der Waals surface area contributed by atoms with Crippen molar-refractivity contribution in [2.75, 3.05) is 6.61 Å². The normalized spacial score (nSPS) is 10.2. The largest absolute Gasteiger partial charge is 0.515 e. The van der Waals surface area contributed by atoms with Crippen molar-refractivity contribution in [1.82, 2.24) is 4.98 Å². The molecule has 0 unspecified atom stereocenters. The monoisotopic (exact) mass is 279 g/mol. The molecule has 0 atom stereocenters. The van der Waals surface area contributed by atoms with Crippen molar-refractivity contribution in [2.24, 2.45) is 0 Å². The number of rotatable bonds is 10. The lowest BCUT2D eigenvalue weighted by atomic mass is 10.1. The highest BCUT2D eigenvalue weighted by atomic mass is 16.7. The SMILES string of the molecule is CCCCCCCCCCOC(=O)Oc1ccccn1. The molecule has 0 fully saturated rings. The minimum atomic E-state index is -0.674. The fourth-order valence-corrected chi connectivity index (χ4v) is 1.91. The predicted molar refractivity (Wildman–Crippen MR) is 78.8 cm³/mol. The molecule has 0 aliphatic rings. The second-order valence-corrected chi connectivity index (χ2v) is 4.84. The maximum Gasteiger partial charge on any atom is 0.515 e. The minimum Gasteiger partial charge on any atom is -0.434 e. The van der Waals surface area contributed by atoms with E-state index in [1.807, 2.05) is 0 Å². The fraction of sp³-hybridized carbons (Fsp3) is 0.625. The molecule has 0 bridgehead atoms. The minimum absolute atomic E-state index is 0.272.